The van der Waals surface area contributed by atoms with Crippen molar-refractivity contribution in [2.75, 3.05) is 32.6 Å². The van der Waals surface area contributed by atoms with E-state index in [2.05, 4.69) is 5.32 Å². The van der Waals surface area contributed by atoms with Crippen LogP contribution >= 0.6 is 11.6 Å². The Labute approximate surface area is 194 Å². The molecule has 0 aromatic heterocycles. The molecule has 0 spiro atoms. The molecule has 1 heterocycles. The first-order valence-electron chi connectivity index (χ1n) is 9.87. The van der Waals surface area contributed by atoms with Gasteiger partial charge in [0, 0.05) is 25.1 Å². The predicted octanol–water partition coefficient (Wildman–Crippen LogP) is 4.42. The van der Waals surface area contributed by atoms with Crippen LogP contribution < -0.4 is 14.8 Å². The van der Waals surface area contributed by atoms with Gasteiger partial charge in [-0.25, -0.2) is 8.42 Å². The van der Waals surface area contributed by atoms with E-state index in [0.717, 1.165) is 18.2 Å². The number of alkyl halides is 3. The predicted molar refractivity (Wildman–Crippen MR) is 116 cm³/mol. The number of carbonyl (C=O) groups excluding carboxylic acids is 1. The van der Waals surface area contributed by atoms with Crippen molar-refractivity contribution in [3.8, 4) is 11.5 Å². The van der Waals surface area contributed by atoms with E-state index in [0.29, 0.717) is 5.75 Å². The van der Waals surface area contributed by atoms with Crippen LogP contribution in [0.2, 0.25) is 5.02 Å². The largest absolute Gasteiger partial charge is 0.497 e. The Morgan fingerprint density at radius 2 is 1.76 bits per heavy atom. The number of halogens is 4. The molecule has 0 unspecified atom stereocenters. The molecule has 180 valence electrons. The highest BCUT2D eigenvalue weighted by Gasteiger charge is 2.35. The van der Waals surface area contributed by atoms with Crippen molar-refractivity contribution in [3.63, 3.8) is 0 Å². The minimum atomic E-state index is -4.58. The number of methoxy groups -OCH3 is 2. The number of benzene rings is 2. The second kappa shape index (κ2) is 9.78. The topological polar surface area (TPSA) is 84.9 Å². The van der Waals surface area contributed by atoms with E-state index < -0.39 is 33.6 Å². The Hall–Kier alpha value is -2.50. The van der Waals surface area contributed by atoms with Gasteiger partial charge in [-0.1, -0.05) is 11.6 Å². The van der Waals surface area contributed by atoms with Crippen molar-refractivity contribution in [1.82, 2.24) is 4.31 Å². The second-order valence-electron chi connectivity index (χ2n) is 7.38. The lowest BCUT2D eigenvalue weighted by molar-refractivity contribution is -0.137. The molecular formula is C21H22ClF3N2O5S. The molecular weight excluding hydrogens is 485 g/mol. The molecule has 1 saturated heterocycles. The number of nitrogens with zero attached hydrogens (tertiary/aromatic N) is 1. The normalized spacial score (nSPS) is 15.8. The highest BCUT2D eigenvalue weighted by Crippen LogP contribution is 2.35. The van der Waals surface area contributed by atoms with E-state index >= 15 is 0 Å². The third-order valence-electron chi connectivity index (χ3n) is 5.36. The fourth-order valence-electron chi connectivity index (χ4n) is 3.52. The van der Waals surface area contributed by atoms with Crippen LogP contribution in [0.4, 0.5) is 18.9 Å². The van der Waals surface area contributed by atoms with Gasteiger partial charge in [0.25, 0.3) is 0 Å². The summed E-state index contributed by atoms with van der Waals surface area (Å²) in [6, 6.07) is 7.10. The first-order valence-corrected chi connectivity index (χ1v) is 11.7. The van der Waals surface area contributed by atoms with E-state index in [4.69, 9.17) is 21.1 Å². The van der Waals surface area contributed by atoms with Gasteiger partial charge >= 0.3 is 6.18 Å². The molecule has 0 aliphatic carbocycles. The highest BCUT2D eigenvalue weighted by atomic mass is 35.5. The summed E-state index contributed by atoms with van der Waals surface area (Å²) in [5.74, 6) is -0.599. The zero-order valence-electron chi connectivity index (χ0n) is 17.8. The van der Waals surface area contributed by atoms with Crippen LogP contribution in [0.1, 0.15) is 18.4 Å². The van der Waals surface area contributed by atoms with Crippen LogP contribution in [0.25, 0.3) is 0 Å². The standard InChI is InChI=1S/C21H22ClF3N2O5S/c1-31-15-4-6-18(32-2)19(12-15)33(29,30)27-9-7-13(8-10-27)20(28)26-17-11-14(21(23,24)25)3-5-16(17)22/h3-6,11-13H,7-10H2,1-2H3,(H,26,28). The van der Waals surface area contributed by atoms with Gasteiger partial charge in [-0.2, -0.15) is 17.5 Å². The number of rotatable bonds is 6. The number of amides is 1. The monoisotopic (exact) mass is 506 g/mol. The van der Waals surface area contributed by atoms with Crippen LogP contribution in [0, 0.1) is 5.92 Å². The number of hydrogen-bond acceptors (Lipinski definition) is 5. The number of sulfonamides is 1. The van der Waals surface area contributed by atoms with E-state index in [1.54, 1.807) is 6.07 Å². The number of anilines is 1. The van der Waals surface area contributed by atoms with Crippen LogP contribution in [0.3, 0.4) is 0 Å². The Morgan fingerprint density at radius 1 is 1.09 bits per heavy atom. The van der Waals surface area contributed by atoms with Crippen molar-refractivity contribution < 1.29 is 35.9 Å². The average molecular weight is 507 g/mol. The lowest BCUT2D eigenvalue weighted by Crippen LogP contribution is -2.41. The molecule has 1 aliphatic heterocycles. The Kier molecular flexibility index (Phi) is 7.45. The van der Waals surface area contributed by atoms with Crippen molar-refractivity contribution in [2.45, 2.75) is 23.9 Å². The number of ether oxygens (including phenoxy) is 2. The summed E-state index contributed by atoms with van der Waals surface area (Å²) in [7, 11) is -1.15. The molecule has 7 nitrogen and oxygen atoms in total. The lowest BCUT2D eigenvalue weighted by atomic mass is 9.97. The maximum atomic E-state index is 13.1. The number of nitrogens with one attached hydrogen (secondary N) is 1. The zero-order chi connectivity index (χ0) is 24.4. The Bertz CT molecular complexity index is 1130. The van der Waals surface area contributed by atoms with Gasteiger partial charge in [-0.3, -0.25) is 4.79 Å². The molecule has 12 heteroatoms. The molecule has 1 fully saturated rings. The van der Waals surface area contributed by atoms with Gasteiger partial charge < -0.3 is 14.8 Å². The molecule has 1 aliphatic rings. The van der Waals surface area contributed by atoms with Gasteiger partial charge in [-0.05, 0) is 43.2 Å². The molecule has 1 N–H and O–H groups in total. The fourth-order valence-corrected chi connectivity index (χ4v) is 5.32. The van der Waals surface area contributed by atoms with E-state index in [-0.39, 0.29) is 47.3 Å². The van der Waals surface area contributed by atoms with Crippen molar-refractivity contribution >= 4 is 33.2 Å². The Balaban J connectivity index is 1.71. The van der Waals surface area contributed by atoms with Crippen LogP contribution in [-0.2, 0) is 21.0 Å². The first kappa shape index (κ1) is 25.1. The minimum Gasteiger partial charge on any atom is -0.497 e. The summed E-state index contributed by atoms with van der Waals surface area (Å²) in [4.78, 5) is 12.6. The lowest BCUT2D eigenvalue weighted by Gasteiger charge is -2.31. The van der Waals surface area contributed by atoms with Crippen LogP contribution in [0.15, 0.2) is 41.3 Å². The average Bonchev–Trinajstić information content (AvgIpc) is 2.79. The maximum absolute atomic E-state index is 13.1. The van der Waals surface area contributed by atoms with E-state index in [9.17, 15) is 26.4 Å². The van der Waals surface area contributed by atoms with Gasteiger partial charge in [0.05, 0.1) is 30.5 Å². The minimum absolute atomic E-state index is 0.0264. The quantitative estimate of drug-likeness (QED) is 0.627. The molecule has 0 radical (unpaired) electrons. The summed E-state index contributed by atoms with van der Waals surface area (Å²) in [6.45, 7) is 0.105. The molecule has 33 heavy (non-hydrogen) atoms. The summed E-state index contributed by atoms with van der Waals surface area (Å²) in [5, 5.41) is 2.41. The summed E-state index contributed by atoms with van der Waals surface area (Å²) < 4.78 is 76.7. The van der Waals surface area contributed by atoms with Crippen molar-refractivity contribution in [3.05, 3.63) is 47.0 Å². The molecule has 0 atom stereocenters. The third-order valence-corrected chi connectivity index (χ3v) is 7.61. The van der Waals surface area contributed by atoms with Gasteiger partial charge in [-0.15, -0.1) is 0 Å². The van der Waals surface area contributed by atoms with E-state index in [1.807, 2.05) is 0 Å². The maximum Gasteiger partial charge on any atom is 0.416 e. The number of piperidine rings is 1. The fraction of sp³-hybridized carbons (Fsp3) is 0.381. The highest BCUT2D eigenvalue weighted by molar-refractivity contribution is 7.89. The van der Waals surface area contributed by atoms with Crippen molar-refractivity contribution in [1.29, 1.82) is 0 Å². The molecule has 3 rings (SSSR count). The molecule has 2 aromatic rings. The summed E-state index contributed by atoms with van der Waals surface area (Å²) in [6.07, 6.45) is -4.20. The van der Waals surface area contributed by atoms with Crippen LogP contribution in [-0.4, -0.2) is 45.9 Å². The van der Waals surface area contributed by atoms with Gasteiger partial charge in [0.15, 0.2) is 0 Å². The number of hydrogen-bond donors (Lipinski definition) is 1. The Morgan fingerprint density at radius 3 is 2.33 bits per heavy atom. The SMILES string of the molecule is COc1ccc(OC)c(S(=O)(=O)N2CCC(C(=O)Nc3cc(C(F)(F)F)ccc3Cl)CC2)c1. The second-order valence-corrected chi connectivity index (χ2v) is 9.69. The van der Waals surface area contributed by atoms with E-state index in [1.165, 1.54) is 30.7 Å². The smallest absolute Gasteiger partial charge is 0.416 e. The molecule has 2 aromatic carbocycles. The van der Waals surface area contributed by atoms with Crippen LogP contribution in [0.5, 0.6) is 11.5 Å². The molecule has 1 amide bonds. The molecule has 0 bridgehead atoms. The first-order chi connectivity index (χ1) is 15.5. The summed E-state index contributed by atoms with van der Waals surface area (Å²) in [5.41, 5.74) is -1.08. The number of carbonyl (C=O) groups is 1. The van der Waals surface area contributed by atoms with Gasteiger partial charge in [0.1, 0.15) is 16.4 Å². The summed E-state index contributed by atoms with van der Waals surface area (Å²) >= 11 is 5.94. The van der Waals surface area contributed by atoms with Gasteiger partial charge in [0.2, 0.25) is 15.9 Å². The third kappa shape index (κ3) is 5.53. The molecule has 0 saturated carbocycles. The van der Waals surface area contributed by atoms with Crippen molar-refractivity contribution in [2.24, 2.45) is 5.92 Å². The zero-order valence-corrected chi connectivity index (χ0v) is 19.4.